The minimum absolute atomic E-state index is 0.0427. The lowest BCUT2D eigenvalue weighted by molar-refractivity contribution is -0.154. The molecule has 0 saturated carbocycles. The largest absolute Gasteiger partial charge is 0.466 e. The first-order chi connectivity index (χ1) is 7.63. The molecule has 1 heterocycles. The molecule has 16 heavy (non-hydrogen) atoms. The molecule has 1 rings (SSSR count). The smallest absolute Gasteiger partial charge is 0.306 e. The van der Waals surface area contributed by atoms with Crippen LogP contribution in [0.4, 0.5) is 0 Å². The average Bonchev–Trinajstić information content (AvgIpc) is 2.43. The summed E-state index contributed by atoms with van der Waals surface area (Å²) in [5.74, 6) is -0.311. The lowest BCUT2D eigenvalue weighted by Crippen LogP contribution is -2.26. The van der Waals surface area contributed by atoms with Crippen molar-refractivity contribution in [3.05, 3.63) is 0 Å². The van der Waals surface area contributed by atoms with Crippen LogP contribution in [-0.2, 0) is 19.1 Å². The zero-order valence-corrected chi connectivity index (χ0v) is 10.0. The van der Waals surface area contributed by atoms with Gasteiger partial charge in [-0.3, -0.25) is 9.59 Å². The van der Waals surface area contributed by atoms with Gasteiger partial charge in [0.2, 0.25) is 0 Å². The molecular formula is C12H20O4. The first-order valence-electron chi connectivity index (χ1n) is 5.98. The first-order valence-corrected chi connectivity index (χ1v) is 5.98. The molecule has 0 aromatic carbocycles. The predicted octanol–water partition coefficient (Wildman–Crippen LogP) is 2.06. The van der Waals surface area contributed by atoms with Gasteiger partial charge in [-0.05, 0) is 26.2 Å². The van der Waals surface area contributed by atoms with Crippen LogP contribution in [0.3, 0.4) is 0 Å². The molecular weight excluding hydrogens is 208 g/mol. The number of hydrogen-bond donors (Lipinski definition) is 0. The number of ether oxygens (including phenoxy) is 2. The van der Waals surface area contributed by atoms with Crippen LogP contribution in [0.1, 0.15) is 46.0 Å². The minimum atomic E-state index is -0.213. The summed E-state index contributed by atoms with van der Waals surface area (Å²) in [7, 11) is 0. The second-order valence-electron chi connectivity index (χ2n) is 4.26. The number of carbonyl (C=O) groups excluding carboxylic acids is 2. The summed E-state index contributed by atoms with van der Waals surface area (Å²) >= 11 is 0. The normalized spacial score (nSPS) is 23.1. The Bertz CT molecular complexity index is 249. The van der Waals surface area contributed by atoms with E-state index in [0.717, 1.165) is 19.3 Å². The van der Waals surface area contributed by atoms with Crippen LogP contribution in [-0.4, -0.2) is 24.6 Å². The van der Waals surface area contributed by atoms with E-state index in [1.165, 1.54) is 0 Å². The zero-order valence-electron chi connectivity index (χ0n) is 10.0. The highest BCUT2D eigenvalue weighted by molar-refractivity contribution is 5.71. The molecule has 1 aliphatic heterocycles. The van der Waals surface area contributed by atoms with Gasteiger partial charge >= 0.3 is 11.9 Å². The molecule has 0 radical (unpaired) electrons. The first kappa shape index (κ1) is 13.0. The maximum Gasteiger partial charge on any atom is 0.306 e. The molecule has 0 aliphatic carbocycles. The Balaban J connectivity index is 2.42. The Labute approximate surface area is 96.3 Å². The van der Waals surface area contributed by atoms with E-state index in [9.17, 15) is 9.59 Å². The minimum Gasteiger partial charge on any atom is -0.466 e. The van der Waals surface area contributed by atoms with Crippen molar-refractivity contribution in [2.24, 2.45) is 5.92 Å². The van der Waals surface area contributed by atoms with E-state index in [4.69, 9.17) is 9.47 Å². The van der Waals surface area contributed by atoms with Gasteiger partial charge in [0.05, 0.1) is 13.0 Å². The molecule has 0 spiro atoms. The van der Waals surface area contributed by atoms with Crippen molar-refractivity contribution in [2.75, 3.05) is 6.61 Å². The van der Waals surface area contributed by atoms with Gasteiger partial charge in [0.25, 0.3) is 0 Å². The molecule has 0 amide bonds. The third-order valence-corrected chi connectivity index (χ3v) is 2.83. The van der Waals surface area contributed by atoms with E-state index >= 15 is 0 Å². The van der Waals surface area contributed by atoms with E-state index in [0.29, 0.717) is 19.4 Å². The van der Waals surface area contributed by atoms with Crippen molar-refractivity contribution in [3.63, 3.8) is 0 Å². The number of hydrogen-bond acceptors (Lipinski definition) is 4. The van der Waals surface area contributed by atoms with Crippen molar-refractivity contribution >= 4 is 11.9 Å². The second-order valence-corrected chi connectivity index (χ2v) is 4.26. The van der Waals surface area contributed by atoms with E-state index in [2.05, 4.69) is 0 Å². The molecule has 0 bridgehead atoms. The number of carbonyl (C=O) groups is 2. The number of esters is 2. The third-order valence-electron chi connectivity index (χ3n) is 2.83. The Morgan fingerprint density at radius 2 is 2.31 bits per heavy atom. The summed E-state index contributed by atoms with van der Waals surface area (Å²) in [6, 6.07) is 0. The Morgan fingerprint density at radius 1 is 1.56 bits per heavy atom. The van der Waals surface area contributed by atoms with Crippen molar-refractivity contribution in [3.8, 4) is 0 Å². The summed E-state index contributed by atoms with van der Waals surface area (Å²) < 4.78 is 10.2. The maximum atomic E-state index is 11.3. The second kappa shape index (κ2) is 6.51. The van der Waals surface area contributed by atoms with E-state index in [1.54, 1.807) is 6.92 Å². The van der Waals surface area contributed by atoms with Gasteiger partial charge < -0.3 is 9.47 Å². The lowest BCUT2D eigenvalue weighted by atomic mass is 9.97. The average molecular weight is 228 g/mol. The van der Waals surface area contributed by atoms with Gasteiger partial charge in [0.15, 0.2) is 0 Å². The lowest BCUT2D eigenvalue weighted by Gasteiger charge is -2.21. The summed E-state index contributed by atoms with van der Waals surface area (Å²) in [4.78, 5) is 22.6. The zero-order chi connectivity index (χ0) is 12.0. The van der Waals surface area contributed by atoms with Crippen LogP contribution < -0.4 is 0 Å². The fraction of sp³-hybridized carbons (Fsp3) is 0.833. The highest BCUT2D eigenvalue weighted by Gasteiger charge is 2.26. The Hall–Kier alpha value is -1.06. The van der Waals surface area contributed by atoms with E-state index in [-0.39, 0.29) is 24.0 Å². The third kappa shape index (κ3) is 4.21. The fourth-order valence-electron chi connectivity index (χ4n) is 1.92. The van der Waals surface area contributed by atoms with Gasteiger partial charge in [0.1, 0.15) is 6.10 Å². The van der Waals surface area contributed by atoms with Gasteiger partial charge in [-0.25, -0.2) is 0 Å². The Morgan fingerprint density at radius 3 is 3.00 bits per heavy atom. The number of rotatable bonds is 4. The van der Waals surface area contributed by atoms with Gasteiger partial charge in [-0.1, -0.05) is 6.92 Å². The highest BCUT2D eigenvalue weighted by Crippen LogP contribution is 2.22. The molecule has 92 valence electrons. The van der Waals surface area contributed by atoms with Crippen molar-refractivity contribution < 1.29 is 19.1 Å². The molecule has 4 heteroatoms. The van der Waals surface area contributed by atoms with E-state index in [1.807, 2.05) is 6.92 Å². The van der Waals surface area contributed by atoms with Crippen LogP contribution in [0.15, 0.2) is 0 Å². The summed E-state index contributed by atoms with van der Waals surface area (Å²) in [5.41, 5.74) is 0. The van der Waals surface area contributed by atoms with Crippen molar-refractivity contribution in [1.29, 1.82) is 0 Å². The predicted molar refractivity (Wildman–Crippen MR) is 58.8 cm³/mol. The molecule has 0 N–H and O–H groups in total. The molecule has 2 unspecified atom stereocenters. The summed E-state index contributed by atoms with van der Waals surface area (Å²) in [5, 5.41) is 0. The van der Waals surface area contributed by atoms with Crippen molar-refractivity contribution in [2.45, 2.75) is 52.1 Å². The monoisotopic (exact) mass is 228 g/mol. The maximum absolute atomic E-state index is 11.3. The summed E-state index contributed by atoms with van der Waals surface area (Å²) in [6.45, 7) is 4.12. The number of cyclic esters (lactones) is 1. The van der Waals surface area contributed by atoms with Crippen LogP contribution in [0.2, 0.25) is 0 Å². The summed E-state index contributed by atoms with van der Waals surface area (Å²) in [6.07, 6.45) is 3.44. The molecule has 2 atom stereocenters. The topological polar surface area (TPSA) is 52.6 Å². The van der Waals surface area contributed by atoms with Gasteiger partial charge in [-0.2, -0.15) is 0 Å². The van der Waals surface area contributed by atoms with Crippen LogP contribution in [0.25, 0.3) is 0 Å². The van der Waals surface area contributed by atoms with Gasteiger partial charge in [-0.15, -0.1) is 0 Å². The van der Waals surface area contributed by atoms with E-state index < -0.39 is 0 Å². The van der Waals surface area contributed by atoms with Crippen molar-refractivity contribution in [1.82, 2.24) is 0 Å². The SMILES string of the molecule is CCOC(=O)CC(C)C1CCCCC(=O)O1. The van der Waals surface area contributed by atoms with Crippen LogP contribution in [0, 0.1) is 5.92 Å². The molecule has 1 saturated heterocycles. The molecule has 4 nitrogen and oxygen atoms in total. The molecule has 1 aliphatic rings. The standard InChI is InChI=1S/C12H20O4/c1-3-15-12(14)8-9(2)10-6-4-5-7-11(13)16-10/h9-10H,3-8H2,1-2H3. The molecule has 0 aromatic heterocycles. The Kier molecular flexibility index (Phi) is 5.29. The molecule has 0 aromatic rings. The quantitative estimate of drug-likeness (QED) is 0.691. The molecule has 1 fully saturated rings. The fourth-order valence-corrected chi connectivity index (χ4v) is 1.92. The van der Waals surface area contributed by atoms with Crippen LogP contribution in [0.5, 0.6) is 0 Å². The van der Waals surface area contributed by atoms with Gasteiger partial charge in [0, 0.05) is 12.3 Å². The highest BCUT2D eigenvalue weighted by atomic mass is 16.5. The van der Waals surface area contributed by atoms with Crippen LogP contribution >= 0.6 is 0 Å².